The molecule has 1 aromatic heterocycles. The van der Waals surface area contributed by atoms with Gasteiger partial charge in [0.15, 0.2) is 5.96 Å². The zero-order valence-electron chi connectivity index (χ0n) is 18.1. The third-order valence-corrected chi connectivity index (χ3v) is 5.54. The number of benzene rings is 2. The van der Waals surface area contributed by atoms with Gasteiger partial charge in [-0.15, -0.1) is 24.0 Å². The van der Waals surface area contributed by atoms with Crippen LogP contribution in [0.5, 0.6) is 0 Å². The first kappa shape index (κ1) is 24.5. The fourth-order valence-electron chi connectivity index (χ4n) is 3.67. The van der Waals surface area contributed by atoms with E-state index in [4.69, 9.17) is 16.1 Å². The number of nitrogens with one attached hydrogen (secondary N) is 1. The highest BCUT2D eigenvalue weighted by molar-refractivity contribution is 14.0. The zero-order chi connectivity index (χ0) is 21.5. The van der Waals surface area contributed by atoms with Crippen molar-refractivity contribution in [2.24, 2.45) is 4.99 Å². The fraction of sp³-hybridized carbons (Fsp3) is 0.348. The van der Waals surface area contributed by atoms with E-state index in [0.717, 1.165) is 44.2 Å². The summed E-state index contributed by atoms with van der Waals surface area (Å²) in [4.78, 5) is 13.7. The highest BCUT2D eigenvalue weighted by atomic mass is 127. The number of aliphatic imine (C=N–C) groups is 1. The van der Waals surface area contributed by atoms with Crippen LogP contribution < -0.4 is 5.32 Å². The monoisotopic (exact) mass is 566 g/mol. The van der Waals surface area contributed by atoms with E-state index in [0.29, 0.717) is 29.7 Å². The average Bonchev–Trinajstić information content (AvgIpc) is 3.27. The lowest BCUT2D eigenvalue weighted by Gasteiger charge is -2.36. The molecule has 0 radical (unpaired) electrons. The minimum Gasteiger partial charge on any atom is -0.356 e. The number of nitrogens with zero attached hydrogens (tertiary/aromatic N) is 5. The Morgan fingerprint density at radius 3 is 2.59 bits per heavy atom. The number of aromatic nitrogens is 2. The lowest BCUT2D eigenvalue weighted by atomic mass is 10.2. The minimum absolute atomic E-state index is 0. The molecule has 0 amide bonds. The standard InChI is InChI=1S/C23H27ClN6O.HI/c1-25-23(30-14-12-29(13-15-30)17-18-6-3-2-4-7-18)26-11-10-21-27-22(28-31-21)19-8-5-9-20(24)16-19;/h2-9,16H,10-15,17H2,1H3,(H,25,26);1H. The van der Waals surface area contributed by atoms with Crippen molar-refractivity contribution < 1.29 is 4.52 Å². The van der Waals surface area contributed by atoms with Gasteiger partial charge in [0.2, 0.25) is 11.7 Å². The van der Waals surface area contributed by atoms with Crippen molar-refractivity contribution in [3.8, 4) is 11.4 Å². The maximum absolute atomic E-state index is 6.04. The predicted octanol–water partition coefficient (Wildman–Crippen LogP) is 3.94. The Morgan fingerprint density at radius 2 is 1.88 bits per heavy atom. The smallest absolute Gasteiger partial charge is 0.228 e. The Bertz CT molecular complexity index is 1000. The van der Waals surface area contributed by atoms with Crippen molar-refractivity contribution in [3.63, 3.8) is 0 Å². The largest absolute Gasteiger partial charge is 0.356 e. The van der Waals surface area contributed by atoms with Crippen LogP contribution in [0.15, 0.2) is 64.1 Å². The highest BCUT2D eigenvalue weighted by Crippen LogP contribution is 2.20. The van der Waals surface area contributed by atoms with Crippen molar-refractivity contribution in [3.05, 3.63) is 71.1 Å². The van der Waals surface area contributed by atoms with Gasteiger partial charge in [0.1, 0.15) is 0 Å². The molecule has 2 heterocycles. The molecule has 0 atom stereocenters. The fourth-order valence-corrected chi connectivity index (χ4v) is 3.86. The molecule has 1 aliphatic rings. The summed E-state index contributed by atoms with van der Waals surface area (Å²) < 4.78 is 5.39. The average molecular weight is 567 g/mol. The lowest BCUT2D eigenvalue weighted by Crippen LogP contribution is -2.52. The number of hydrogen-bond donors (Lipinski definition) is 1. The number of hydrogen-bond acceptors (Lipinski definition) is 5. The van der Waals surface area contributed by atoms with Gasteiger partial charge in [-0.2, -0.15) is 4.98 Å². The number of guanidine groups is 1. The molecule has 0 unspecified atom stereocenters. The summed E-state index contributed by atoms with van der Waals surface area (Å²) >= 11 is 6.04. The SMILES string of the molecule is CN=C(NCCc1nc(-c2cccc(Cl)c2)no1)N1CCN(Cc2ccccc2)CC1.I. The van der Waals surface area contributed by atoms with Crippen LogP contribution in [-0.4, -0.2) is 65.7 Å². The van der Waals surface area contributed by atoms with E-state index < -0.39 is 0 Å². The van der Waals surface area contributed by atoms with E-state index in [1.54, 1.807) is 0 Å². The van der Waals surface area contributed by atoms with Crippen LogP contribution in [0.4, 0.5) is 0 Å². The Labute approximate surface area is 210 Å². The van der Waals surface area contributed by atoms with Gasteiger partial charge in [-0.25, -0.2) is 0 Å². The van der Waals surface area contributed by atoms with Crippen LogP contribution in [0.2, 0.25) is 5.02 Å². The van der Waals surface area contributed by atoms with Gasteiger partial charge in [0.05, 0.1) is 0 Å². The molecule has 0 spiro atoms. The zero-order valence-corrected chi connectivity index (χ0v) is 21.2. The van der Waals surface area contributed by atoms with Crippen molar-refractivity contribution >= 4 is 41.5 Å². The second-order valence-corrected chi connectivity index (χ2v) is 7.93. The summed E-state index contributed by atoms with van der Waals surface area (Å²) in [7, 11) is 1.82. The molecule has 0 saturated carbocycles. The molecule has 1 fully saturated rings. The number of piperazine rings is 1. The maximum Gasteiger partial charge on any atom is 0.228 e. The van der Waals surface area contributed by atoms with Gasteiger partial charge >= 0.3 is 0 Å². The summed E-state index contributed by atoms with van der Waals surface area (Å²) in [6.45, 7) is 5.60. The first-order chi connectivity index (χ1) is 15.2. The lowest BCUT2D eigenvalue weighted by molar-refractivity contribution is 0.172. The first-order valence-electron chi connectivity index (χ1n) is 10.5. The summed E-state index contributed by atoms with van der Waals surface area (Å²) in [5.41, 5.74) is 2.20. The van der Waals surface area contributed by atoms with Gasteiger partial charge in [0.25, 0.3) is 0 Å². The summed E-state index contributed by atoms with van der Waals surface area (Å²) in [6, 6.07) is 18.1. The van der Waals surface area contributed by atoms with E-state index in [9.17, 15) is 0 Å². The van der Waals surface area contributed by atoms with E-state index >= 15 is 0 Å². The second-order valence-electron chi connectivity index (χ2n) is 7.49. The van der Waals surface area contributed by atoms with Crippen LogP contribution in [0.3, 0.4) is 0 Å². The number of rotatable bonds is 6. The first-order valence-corrected chi connectivity index (χ1v) is 10.9. The number of halogens is 2. The van der Waals surface area contributed by atoms with Gasteiger partial charge in [-0.05, 0) is 17.7 Å². The van der Waals surface area contributed by atoms with Gasteiger partial charge in [0, 0.05) is 63.3 Å². The predicted molar refractivity (Wildman–Crippen MR) is 139 cm³/mol. The van der Waals surface area contributed by atoms with Crippen LogP contribution >= 0.6 is 35.6 Å². The topological polar surface area (TPSA) is 69.8 Å². The molecule has 2 aromatic carbocycles. The van der Waals surface area contributed by atoms with E-state index in [-0.39, 0.29) is 24.0 Å². The summed E-state index contributed by atoms with van der Waals surface area (Å²) in [6.07, 6.45) is 0.626. The summed E-state index contributed by atoms with van der Waals surface area (Å²) in [5, 5.41) is 8.13. The molecule has 0 aliphatic carbocycles. The van der Waals surface area contributed by atoms with Crippen LogP contribution in [0, 0.1) is 0 Å². The molecular weight excluding hydrogens is 539 g/mol. The Kier molecular flexibility index (Phi) is 9.31. The van der Waals surface area contributed by atoms with Crippen molar-refractivity contribution in [1.82, 2.24) is 25.3 Å². The van der Waals surface area contributed by atoms with Crippen LogP contribution in [-0.2, 0) is 13.0 Å². The molecule has 170 valence electrons. The van der Waals surface area contributed by atoms with Crippen molar-refractivity contribution in [2.75, 3.05) is 39.8 Å². The maximum atomic E-state index is 6.04. The third-order valence-electron chi connectivity index (χ3n) is 5.31. The third kappa shape index (κ3) is 6.66. The normalized spacial score (nSPS) is 14.8. The molecule has 7 nitrogen and oxygen atoms in total. The van der Waals surface area contributed by atoms with Gasteiger partial charge < -0.3 is 14.7 Å². The Morgan fingerprint density at radius 1 is 1.09 bits per heavy atom. The van der Waals surface area contributed by atoms with E-state index in [2.05, 4.69) is 60.6 Å². The molecule has 9 heteroatoms. The van der Waals surface area contributed by atoms with E-state index in [1.165, 1.54) is 5.56 Å². The molecule has 0 bridgehead atoms. The highest BCUT2D eigenvalue weighted by Gasteiger charge is 2.19. The van der Waals surface area contributed by atoms with E-state index in [1.807, 2.05) is 31.3 Å². The molecule has 32 heavy (non-hydrogen) atoms. The summed E-state index contributed by atoms with van der Waals surface area (Å²) in [5.74, 6) is 2.05. The molecular formula is C23H28ClIN6O. The molecule has 1 saturated heterocycles. The van der Waals surface area contributed by atoms with Gasteiger partial charge in [-0.3, -0.25) is 9.89 Å². The minimum atomic E-state index is 0. The van der Waals surface area contributed by atoms with Gasteiger partial charge in [-0.1, -0.05) is 59.2 Å². The molecule has 3 aromatic rings. The Balaban J connectivity index is 0.00000289. The second kappa shape index (κ2) is 12.2. The van der Waals surface area contributed by atoms with Crippen LogP contribution in [0.1, 0.15) is 11.5 Å². The molecule has 4 rings (SSSR count). The van der Waals surface area contributed by atoms with Crippen molar-refractivity contribution in [2.45, 2.75) is 13.0 Å². The van der Waals surface area contributed by atoms with Crippen LogP contribution in [0.25, 0.3) is 11.4 Å². The molecule has 1 N–H and O–H groups in total. The quantitative estimate of drug-likeness (QED) is 0.277. The van der Waals surface area contributed by atoms with Crippen molar-refractivity contribution in [1.29, 1.82) is 0 Å². The Hall–Kier alpha value is -2.17. The molecule has 1 aliphatic heterocycles.